The fraction of sp³-hybridized carbons (Fsp3) is 0.417. The van der Waals surface area contributed by atoms with Crippen LogP contribution in [0.15, 0.2) is 48.5 Å². The van der Waals surface area contributed by atoms with Crippen LogP contribution >= 0.6 is 0 Å². The van der Waals surface area contributed by atoms with Gasteiger partial charge in [0.15, 0.2) is 0 Å². The normalized spacial score (nSPS) is 17.0. The number of hydrogen-bond donors (Lipinski definition) is 2. The monoisotopic (exact) mass is 393 g/mol. The number of rotatable bonds is 7. The van der Waals surface area contributed by atoms with Gasteiger partial charge in [0.2, 0.25) is 11.8 Å². The molecular weight excluding hydrogens is 362 g/mol. The Kier molecular flexibility index (Phi) is 7.42. The zero-order valence-electron chi connectivity index (χ0n) is 17.4. The van der Waals surface area contributed by atoms with E-state index in [1.54, 1.807) is 0 Å². The van der Waals surface area contributed by atoms with Crippen LogP contribution in [0, 0.1) is 5.92 Å². The van der Waals surface area contributed by atoms with Crippen molar-refractivity contribution in [1.29, 1.82) is 0 Å². The molecule has 0 bridgehead atoms. The second kappa shape index (κ2) is 10.2. The third-order valence-electron chi connectivity index (χ3n) is 5.30. The molecule has 0 saturated carbocycles. The number of carbonyl (C=O) groups is 2. The van der Waals surface area contributed by atoms with Gasteiger partial charge in [-0.3, -0.25) is 14.5 Å². The molecule has 5 nitrogen and oxygen atoms in total. The largest absolute Gasteiger partial charge is 0.352 e. The Labute approximate surface area is 173 Å². The van der Waals surface area contributed by atoms with Crippen LogP contribution in [0.5, 0.6) is 0 Å². The van der Waals surface area contributed by atoms with E-state index in [9.17, 15) is 9.59 Å². The van der Waals surface area contributed by atoms with Crippen LogP contribution in [0.25, 0.3) is 0 Å². The maximum absolute atomic E-state index is 12.2. The number of benzene rings is 2. The molecule has 2 aromatic rings. The van der Waals surface area contributed by atoms with E-state index in [0.29, 0.717) is 13.0 Å². The molecule has 1 aliphatic heterocycles. The maximum atomic E-state index is 12.2. The molecule has 1 saturated heterocycles. The van der Waals surface area contributed by atoms with Crippen LogP contribution in [-0.4, -0.2) is 29.8 Å². The molecule has 1 atom stereocenters. The Hall–Kier alpha value is -2.66. The van der Waals surface area contributed by atoms with Gasteiger partial charge in [-0.1, -0.05) is 43.3 Å². The summed E-state index contributed by atoms with van der Waals surface area (Å²) in [4.78, 5) is 25.8. The van der Waals surface area contributed by atoms with E-state index in [-0.39, 0.29) is 11.8 Å². The number of anilines is 1. The number of nitrogens with one attached hydrogen (secondary N) is 2. The van der Waals surface area contributed by atoms with Crippen molar-refractivity contribution in [2.45, 2.75) is 46.2 Å². The molecule has 0 radical (unpaired) electrons. The van der Waals surface area contributed by atoms with E-state index in [2.05, 4.69) is 46.7 Å². The molecule has 1 fully saturated rings. The number of carbonyl (C=O) groups excluding carboxylic acids is 2. The quantitative estimate of drug-likeness (QED) is 0.753. The van der Waals surface area contributed by atoms with Crippen molar-refractivity contribution in [3.05, 3.63) is 65.2 Å². The van der Waals surface area contributed by atoms with Gasteiger partial charge in [0, 0.05) is 32.2 Å². The van der Waals surface area contributed by atoms with Crippen molar-refractivity contribution in [3.63, 3.8) is 0 Å². The van der Waals surface area contributed by atoms with Crippen LogP contribution in [0.3, 0.4) is 0 Å². The minimum atomic E-state index is -0.105. The number of nitrogens with zero attached hydrogens (tertiary/aromatic N) is 1. The molecule has 0 aliphatic carbocycles. The summed E-state index contributed by atoms with van der Waals surface area (Å²) in [7, 11) is 0. The standard InChI is InChI=1S/C24H31N3O2/c1-18-4-3-13-27(16-18)17-22-7-5-21(6-8-22)15-25-24(29)14-20-9-11-23(12-10-20)26-19(2)28/h5-12,18H,3-4,13-17H2,1-2H3,(H,25,29)(H,26,28)/t18-/m1/s1. The zero-order valence-corrected chi connectivity index (χ0v) is 17.4. The van der Waals surface area contributed by atoms with E-state index in [4.69, 9.17) is 0 Å². The van der Waals surface area contributed by atoms with Crippen molar-refractivity contribution >= 4 is 17.5 Å². The fourth-order valence-corrected chi connectivity index (χ4v) is 3.81. The third kappa shape index (κ3) is 7.02. The summed E-state index contributed by atoms with van der Waals surface area (Å²) in [5.74, 6) is 0.676. The lowest BCUT2D eigenvalue weighted by atomic mass is 9.99. The van der Waals surface area contributed by atoms with Gasteiger partial charge >= 0.3 is 0 Å². The number of piperidine rings is 1. The molecule has 2 aromatic carbocycles. The first kappa shape index (κ1) is 21.1. The van der Waals surface area contributed by atoms with Crippen molar-refractivity contribution in [1.82, 2.24) is 10.2 Å². The highest BCUT2D eigenvalue weighted by atomic mass is 16.2. The third-order valence-corrected chi connectivity index (χ3v) is 5.30. The molecule has 29 heavy (non-hydrogen) atoms. The van der Waals surface area contributed by atoms with E-state index in [1.807, 2.05) is 24.3 Å². The lowest BCUT2D eigenvalue weighted by Gasteiger charge is -2.30. The second-order valence-corrected chi connectivity index (χ2v) is 8.13. The molecule has 1 heterocycles. The minimum absolute atomic E-state index is 0.0105. The molecule has 0 spiro atoms. The molecule has 2 N–H and O–H groups in total. The first-order valence-corrected chi connectivity index (χ1v) is 10.4. The highest BCUT2D eigenvalue weighted by molar-refractivity contribution is 5.88. The average Bonchev–Trinajstić information content (AvgIpc) is 2.69. The molecule has 0 aromatic heterocycles. The summed E-state index contributed by atoms with van der Waals surface area (Å²) in [5.41, 5.74) is 4.09. The Morgan fingerprint density at radius 1 is 1.00 bits per heavy atom. The van der Waals surface area contributed by atoms with Gasteiger partial charge in [-0.25, -0.2) is 0 Å². The van der Waals surface area contributed by atoms with Gasteiger partial charge in [-0.2, -0.15) is 0 Å². The van der Waals surface area contributed by atoms with Crippen molar-refractivity contribution in [2.75, 3.05) is 18.4 Å². The SMILES string of the molecule is CC(=O)Nc1ccc(CC(=O)NCc2ccc(CN3CCC[C@@H](C)C3)cc2)cc1. The first-order chi connectivity index (χ1) is 14.0. The second-order valence-electron chi connectivity index (χ2n) is 8.13. The summed E-state index contributed by atoms with van der Waals surface area (Å²) >= 11 is 0. The highest BCUT2D eigenvalue weighted by Crippen LogP contribution is 2.18. The molecule has 1 aliphatic rings. The van der Waals surface area contributed by atoms with E-state index >= 15 is 0 Å². The van der Waals surface area contributed by atoms with Crippen molar-refractivity contribution in [3.8, 4) is 0 Å². The number of amides is 2. The summed E-state index contributed by atoms with van der Waals surface area (Å²) in [6, 6.07) is 15.9. The predicted molar refractivity (Wildman–Crippen MR) is 116 cm³/mol. The maximum Gasteiger partial charge on any atom is 0.224 e. The number of hydrogen-bond acceptors (Lipinski definition) is 3. The highest BCUT2D eigenvalue weighted by Gasteiger charge is 2.16. The van der Waals surface area contributed by atoms with Crippen LogP contribution < -0.4 is 10.6 Å². The van der Waals surface area contributed by atoms with Gasteiger partial charge < -0.3 is 10.6 Å². The van der Waals surface area contributed by atoms with Crippen LogP contribution in [0.2, 0.25) is 0 Å². The summed E-state index contributed by atoms with van der Waals surface area (Å²) < 4.78 is 0. The number of likely N-dealkylation sites (tertiary alicyclic amines) is 1. The zero-order chi connectivity index (χ0) is 20.6. The van der Waals surface area contributed by atoms with Gasteiger partial charge in [0.05, 0.1) is 6.42 Å². The van der Waals surface area contributed by atoms with Gasteiger partial charge in [-0.15, -0.1) is 0 Å². The molecule has 3 rings (SSSR count). The van der Waals surface area contributed by atoms with Crippen LogP contribution in [-0.2, 0) is 29.1 Å². The minimum Gasteiger partial charge on any atom is -0.352 e. The Morgan fingerprint density at radius 2 is 1.66 bits per heavy atom. The summed E-state index contributed by atoms with van der Waals surface area (Å²) in [6.45, 7) is 7.71. The molecular formula is C24H31N3O2. The summed E-state index contributed by atoms with van der Waals surface area (Å²) in [5, 5.41) is 5.70. The lowest BCUT2D eigenvalue weighted by Crippen LogP contribution is -2.33. The molecule has 2 amide bonds. The first-order valence-electron chi connectivity index (χ1n) is 10.4. The van der Waals surface area contributed by atoms with Gasteiger partial charge in [0.1, 0.15) is 0 Å². The Bertz CT molecular complexity index is 815. The average molecular weight is 394 g/mol. The van der Waals surface area contributed by atoms with Crippen molar-refractivity contribution in [2.24, 2.45) is 5.92 Å². The molecule has 154 valence electrons. The smallest absolute Gasteiger partial charge is 0.224 e. The van der Waals surface area contributed by atoms with Gasteiger partial charge in [-0.05, 0) is 54.1 Å². The van der Waals surface area contributed by atoms with Crippen molar-refractivity contribution < 1.29 is 9.59 Å². The Balaban J connectivity index is 1.43. The molecule has 5 heteroatoms. The van der Waals surface area contributed by atoms with Gasteiger partial charge in [0.25, 0.3) is 0 Å². The fourth-order valence-electron chi connectivity index (χ4n) is 3.81. The van der Waals surface area contributed by atoms with E-state index in [1.165, 1.54) is 38.4 Å². The Morgan fingerprint density at radius 3 is 2.31 bits per heavy atom. The van der Waals surface area contributed by atoms with Crippen LogP contribution in [0.1, 0.15) is 43.4 Å². The van der Waals surface area contributed by atoms with Crippen LogP contribution in [0.4, 0.5) is 5.69 Å². The summed E-state index contributed by atoms with van der Waals surface area (Å²) in [6.07, 6.45) is 2.96. The lowest BCUT2D eigenvalue weighted by molar-refractivity contribution is -0.120. The molecule has 0 unspecified atom stereocenters. The van der Waals surface area contributed by atoms with E-state index < -0.39 is 0 Å². The topological polar surface area (TPSA) is 61.4 Å². The predicted octanol–water partition coefficient (Wildman–Crippen LogP) is 3.74. The van der Waals surface area contributed by atoms with E-state index in [0.717, 1.165) is 29.3 Å².